The molecule has 1 aromatic carbocycles. The average Bonchev–Trinajstić information content (AvgIpc) is 3.05. The number of hydrogen-bond acceptors (Lipinski definition) is 2. The summed E-state index contributed by atoms with van der Waals surface area (Å²) in [4.78, 5) is 7.30. The zero-order chi connectivity index (χ0) is 16.5. The number of hydrogen-bond donors (Lipinski definition) is 2. The summed E-state index contributed by atoms with van der Waals surface area (Å²) >= 11 is 0. The van der Waals surface area contributed by atoms with Crippen molar-refractivity contribution < 1.29 is 0 Å². The summed E-state index contributed by atoms with van der Waals surface area (Å²) in [5, 5.41) is 6.89. The Hall–Kier alpha value is -1.55. The molecule has 0 bridgehead atoms. The fraction of sp³-hybridized carbons (Fsp3) is 0.632. The SMILES string of the molecule is CCNC(=NCc1ccccc1CC)NCC1CCN(CC)C1. The third-order valence-corrected chi connectivity index (χ3v) is 4.63. The first kappa shape index (κ1) is 17.8. The normalized spacial score (nSPS) is 19.1. The molecule has 1 saturated heterocycles. The second-order valence-corrected chi connectivity index (χ2v) is 6.25. The molecule has 4 heteroatoms. The van der Waals surface area contributed by atoms with Gasteiger partial charge in [0.1, 0.15) is 0 Å². The lowest BCUT2D eigenvalue weighted by Crippen LogP contribution is -2.40. The van der Waals surface area contributed by atoms with Gasteiger partial charge >= 0.3 is 0 Å². The van der Waals surface area contributed by atoms with E-state index in [1.54, 1.807) is 0 Å². The summed E-state index contributed by atoms with van der Waals surface area (Å²) < 4.78 is 0. The standard InChI is InChI=1S/C19H32N4/c1-4-17-9-7-8-10-18(17)14-22-19(20-5-2)21-13-16-11-12-23(6-3)15-16/h7-10,16H,4-6,11-15H2,1-3H3,(H2,20,21,22). The summed E-state index contributed by atoms with van der Waals surface area (Å²) in [5.41, 5.74) is 2.71. The fourth-order valence-corrected chi connectivity index (χ4v) is 3.17. The third-order valence-electron chi connectivity index (χ3n) is 4.63. The number of nitrogens with one attached hydrogen (secondary N) is 2. The number of aliphatic imine (C=N–C) groups is 1. The number of aryl methyl sites for hydroxylation is 1. The zero-order valence-electron chi connectivity index (χ0n) is 14.9. The first-order valence-electron chi connectivity index (χ1n) is 9.08. The van der Waals surface area contributed by atoms with Crippen LogP contribution < -0.4 is 10.6 Å². The molecule has 0 saturated carbocycles. The predicted molar refractivity (Wildman–Crippen MR) is 98.9 cm³/mol. The van der Waals surface area contributed by atoms with E-state index >= 15 is 0 Å². The fourth-order valence-electron chi connectivity index (χ4n) is 3.17. The van der Waals surface area contributed by atoms with E-state index in [-0.39, 0.29) is 0 Å². The highest BCUT2D eigenvalue weighted by Gasteiger charge is 2.20. The molecule has 1 aliphatic rings. The molecule has 0 amide bonds. The quantitative estimate of drug-likeness (QED) is 0.600. The second-order valence-electron chi connectivity index (χ2n) is 6.25. The van der Waals surface area contributed by atoms with Gasteiger partial charge in [0.2, 0.25) is 0 Å². The largest absolute Gasteiger partial charge is 0.357 e. The van der Waals surface area contributed by atoms with Crippen LogP contribution in [0.1, 0.15) is 38.3 Å². The van der Waals surface area contributed by atoms with Gasteiger partial charge in [-0.25, -0.2) is 4.99 Å². The zero-order valence-corrected chi connectivity index (χ0v) is 14.9. The lowest BCUT2D eigenvalue weighted by atomic mass is 10.1. The van der Waals surface area contributed by atoms with Crippen LogP contribution in [-0.4, -0.2) is 43.6 Å². The van der Waals surface area contributed by atoms with Crippen LogP contribution in [0.3, 0.4) is 0 Å². The minimum Gasteiger partial charge on any atom is -0.357 e. The minimum atomic E-state index is 0.738. The number of nitrogens with zero attached hydrogens (tertiary/aromatic N) is 2. The molecule has 1 unspecified atom stereocenters. The average molecular weight is 316 g/mol. The van der Waals surface area contributed by atoms with Crippen molar-refractivity contribution in [2.75, 3.05) is 32.7 Å². The van der Waals surface area contributed by atoms with Crippen molar-refractivity contribution in [3.05, 3.63) is 35.4 Å². The van der Waals surface area contributed by atoms with Crippen LogP contribution in [-0.2, 0) is 13.0 Å². The highest BCUT2D eigenvalue weighted by atomic mass is 15.2. The lowest BCUT2D eigenvalue weighted by Gasteiger charge is -2.16. The second kappa shape index (κ2) is 9.56. The Bertz CT molecular complexity index is 498. The maximum atomic E-state index is 4.77. The molecule has 0 radical (unpaired) electrons. The van der Waals surface area contributed by atoms with Crippen LogP contribution in [0.25, 0.3) is 0 Å². The number of benzene rings is 1. The van der Waals surface area contributed by atoms with Crippen LogP contribution in [0.15, 0.2) is 29.3 Å². The smallest absolute Gasteiger partial charge is 0.191 e. The first-order valence-corrected chi connectivity index (χ1v) is 9.08. The van der Waals surface area contributed by atoms with E-state index in [4.69, 9.17) is 4.99 Å². The summed E-state index contributed by atoms with van der Waals surface area (Å²) in [6.45, 7) is 12.8. The van der Waals surface area contributed by atoms with Crippen LogP contribution in [0.4, 0.5) is 0 Å². The van der Waals surface area contributed by atoms with E-state index in [2.05, 4.69) is 60.6 Å². The van der Waals surface area contributed by atoms with Crippen molar-refractivity contribution in [3.63, 3.8) is 0 Å². The van der Waals surface area contributed by atoms with Gasteiger partial charge in [0.25, 0.3) is 0 Å². The molecule has 1 heterocycles. The van der Waals surface area contributed by atoms with Crippen molar-refractivity contribution in [2.45, 2.75) is 40.2 Å². The monoisotopic (exact) mass is 316 g/mol. The van der Waals surface area contributed by atoms with E-state index in [0.29, 0.717) is 0 Å². The Kier molecular flexibility index (Phi) is 7.40. The van der Waals surface area contributed by atoms with Gasteiger partial charge in [-0.15, -0.1) is 0 Å². The van der Waals surface area contributed by atoms with Crippen LogP contribution in [0.2, 0.25) is 0 Å². The third kappa shape index (κ3) is 5.54. The van der Waals surface area contributed by atoms with Gasteiger partial charge in [0, 0.05) is 19.6 Å². The summed E-state index contributed by atoms with van der Waals surface area (Å²) in [7, 11) is 0. The van der Waals surface area contributed by atoms with Gasteiger partial charge in [-0.05, 0) is 49.9 Å². The molecule has 0 aliphatic carbocycles. The van der Waals surface area contributed by atoms with Gasteiger partial charge in [0.05, 0.1) is 6.54 Å². The maximum Gasteiger partial charge on any atom is 0.191 e. The summed E-state index contributed by atoms with van der Waals surface area (Å²) in [6, 6.07) is 8.59. The van der Waals surface area contributed by atoms with E-state index in [9.17, 15) is 0 Å². The molecule has 4 nitrogen and oxygen atoms in total. The van der Waals surface area contributed by atoms with Gasteiger partial charge in [-0.1, -0.05) is 38.1 Å². The molecule has 128 valence electrons. The highest BCUT2D eigenvalue weighted by Crippen LogP contribution is 2.14. The highest BCUT2D eigenvalue weighted by molar-refractivity contribution is 5.79. The Morgan fingerprint density at radius 3 is 2.61 bits per heavy atom. The topological polar surface area (TPSA) is 39.7 Å². The molecule has 1 aliphatic heterocycles. The van der Waals surface area contributed by atoms with Crippen molar-refractivity contribution in [1.29, 1.82) is 0 Å². The maximum absolute atomic E-state index is 4.77. The molecule has 1 fully saturated rings. The van der Waals surface area contributed by atoms with E-state index in [1.165, 1.54) is 37.2 Å². The predicted octanol–water partition coefficient (Wildman–Crippen LogP) is 2.65. The van der Waals surface area contributed by atoms with Crippen LogP contribution in [0.5, 0.6) is 0 Å². The van der Waals surface area contributed by atoms with Gasteiger partial charge in [-0.2, -0.15) is 0 Å². The molecule has 23 heavy (non-hydrogen) atoms. The number of likely N-dealkylation sites (tertiary alicyclic amines) is 1. The molecule has 0 spiro atoms. The Balaban J connectivity index is 1.89. The van der Waals surface area contributed by atoms with E-state index in [0.717, 1.165) is 37.9 Å². The van der Waals surface area contributed by atoms with Crippen LogP contribution in [0, 0.1) is 5.92 Å². The van der Waals surface area contributed by atoms with Gasteiger partial charge in [0.15, 0.2) is 5.96 Å². The van der Waals surface area contributed by atoms with Crippen LogP contribution >= 0.6 is 0 Å². The Morgan fingerprint density at radius 1 is 1.17 bits per heavy atom. The summed E-state index contributed by atoms with van der Waals surface area (Å²) in [6.07, 6.45) is 2.35. The van der Waals surface area contributed by atoms with E-state index in [1.807, 2.05) is 0 Å². The number of rotatable bonds is 7. The van der Waals surface area contributed by atoms with Crippen molar-refractivity contribution in [2.24, 2.45) is 10.9 Å². The Morgan fingerprint density at radius 2 is 1.96 bits per heavy atom. The molecule has 2 N–H and O–H groups in total. The molecule has 1 aromatic rings. The molecular formula is C19H32N4. The van der Waals surface area contributed by atoms with Gasteiger partial charge in [-0.3, -0.25) is 0 Å². The molecule has 0 aromatic heterocycles. The number of guanidine groups is 1. The Labute approximate surface area is 141 Å². The summed E-state index contributed by atoms with van der Waals surface area (Å²) in [5.74, 6) is 1.68. The van der Waals surface area contributed by atoms with Crippen molar-refractivity contribution >= 4 is 5.96 Å². The van der Waals surface area contributed by atoms with E-state index < -0.39 is 0 Å². The lowest BCUT2D eigenvalue weighted by molar-refractivity contribution is 0.342. The van der Waals surface area contributed by atoms with Crippen molar-refractivity contribution in [3.8, 4) is 0 Å². The molecule has 2 rings (SSSR count). The van der Waals surface area contributed by atoms with Gasteiger partial charge < -0.3 is 15.5 Å². The molecular weight excluding hydrogens is 284 g/mol. The first-order chi connectivity index (χ1) is 11.3. The van der Waals surface area contributed by atoms with Crippen molar-refractivity contribution in [1.82, 2.24) is 15.5 Å². The molecule has 1 atom stereocenters. The minimum absolute atomic E-state index is 0.738.